The summed E-state index contributed by atoms with van der Waals surface area (Å²) in [6, 6.07) is 5.99. The first kappa shape index (κ1) is 17.9. The number of hydrogen-bond donors (Lipinski definition) is 1. The van der Waals surface area contributed by atoms with Crippen molar-refractivity contribution in [3.05, 3.63) is 46.8 Å². The standard InChI is InChI=1S/C17H21F2N3O2/c1-10(13-5-7-14(8-6-13)24-17(18)19)20-16(23)9-15-11(2)21-22(4)12(15)3/h5-8,10,17H,9H2,1-4H3,(H,20,23). The van der Waals surface area contributed by atoms with Gasteiger partial charge in [0.25, 0.3) is 0 Å². The number of alkyl halides is 2. The molecule has 0 fully saturated rings. The largest absolute Gasteiger partial charge is 0.435 e. The van der Waals surface area contributed by atoms with Crippen molar-refractivity contribution in [2.45, 2.75) is 39.8 Å². The summed E-state index contributed by atoms with van der Waals surface area (Å²) >= 11 is 0. The lowest BCUT2D eigenvalue weighted by atomic mass is 10.1. The molecule has 2 aromatic rings. The van der Waals surface area contributed by atoms with Crippen LogP contribution < -0.4 is 10.1 Å². The lowest BCUT2D eigenvalue weighted by Gasteiger charge is -2.15. The van der Waals surface area contributed by atoms with E-state index in [0.717, 1.165) is 22.5 Å². The highest BCUT2D eigenvalue weighted by atomic mass is 19.3. The molecule has 130 valence electrons. The summed E-state index contributed by atoms with van der Waals surface area (Å²) < 4.78 is 30.3. The number of carbonyl (C=O) groups is 1. The van der Waals surface area contributed by atoms with E-state index in [1.54, 1.807) is 16.8 Å². The smallest absolute Gasteiger partial charge is 0.387 e. The quantitative estimate of drug-likeness (QED) is 0.881. The summed E-state index contributed by atoms with van der Waals surface area (Å²) in [4.78, 5) is 12.3. The van der Waals surface area contributed by atoms with Crippen molar-refractivity contribution >= 4 is 5.91 Å². The van der Waals surface area contributed by atoms with Crippen molar-refractivity contribution in [3.8, 4) is 5.75 Å². The van der Waals surface area contributed by atoms with Gasteiger partial charge in [-0.25, -0.2) is 0 Å². The van der Waals surface area contributed by atoms with Crippen molar-refractivity contribution in [1.29, 1.82) is 0 Å². The van der Waals surface area contributed by atoms with E-state index in [4.69, 9.17) is 0 Å². The van der Waals surface area contributed by atoms with E-state index in [9.17, 15) is 13.6 Å². The predicted octanol–water partition coefficient (Wildman–Crippen LogP) is 3.06. The van der Waals surface area contributed by atoms with Gasteiger partial charge in [-0.15, -0.1) is 0 Å². The van der Waals surface area contributed by atoms with Gasteiger partial charge >= 0.3 is 6.61 Å². The van der Waals surface area contributed by atoms with Gasteiger partial charge in [-0.1, -0.05) is 12.1 Å². The van der Waals surface area contributed by atoms with E-state index in [1.165, 1.54) is 12.1 Å². The minimum atomic E-state index is -2.85. The SMILES string of the molecule is Cc1nn(C)c(C)c1CC(=O)NC(C)c1ccc(OC(F)F)cc1. The van der Waals surface area contributed by atoms with Crippen LogP contribution in [0.4, 0.5) is 8.78 Å². The molecule has 0 radical (unpaired) electrons. The fourth-order valence-corrected chi connectivity index (χ4v) is 2.55. The molecule has 0 saturated heterocycles. The molecular formula is C17H21F2N3O2. The summed E-state index contributed by atoms with van der Waals surface area (Å²) in [5.74, 6) is -0.0245. The Hall–Kier alpha value is -2.44. The number of ether oxygens (including phenoxy) is 1. The third-order valence-electron chi connectivity index (χ3n) is 3.98. The average molecular weight is 337 g/mol. The van der Waals surface area contributed by atoms with Crippen molar-refractivity contribution in [3.63, 3.8) is 0 Å². The molecule has 1 heterocycles. The van der Waals surface area contributed by atoms with E-state index in [2.05, 4.69) is 15.2 Å². The van der Waals surface area contributed by atoms with Crippen LogP contribution in [0.25, 0.3) is 0 Å². The maximum absolute atomic E-state index is 12.3. The molecule has 0 saturated carbocycles. The molecular weight excluding hydrogens is 316 g/mol. The molecule has 1 aromatic carbocycles. The minimum Gasteiger partial charge on any atom is -0.435 e. The van der Waals surface area contributed by atoms with Gasteiger partial charge in [-0.3, -0.25) is 9.48 Å². The van der Waals surface area contributed by atoms with Crippen molar-refractivity contribution in [1.82, 2.24) is 15.1 Å². The summed E-state index contributed by atoms with van der Waals surface area (Å²) in [7, 11) is 1.84. The number of aromatic nitrogens is 2. The summed E-state index contributed by atoms with van der Waals surface area (Å²) in [6.45, 7) is 2.79. The van der Waals surface area contributed by atoms with E-state index >= 15 is 0 Å². The van der Waals surface area contributed by atoms with Crippen LogP contribution in [0.1, 0.15) is 35.5 Å². The Morgan fingerprint density at radius 2 is 1.92 bits per heavy atom. The molecule has 5 nitrogen and oxygen atoms in total. The van der Waals surface area contributed by atoms with Crippen molar-refractivity contribution < 1.29 is 18.3 Å². The van der Waals surface area contributed by atoms with Gasteiger partial charge < -0.3 is 10.1 Å². The second-order valence-corrected chi connectivity index (χ2v) is 5.69. The van der Waals surface area contributed by atoms with Gasteiger partial charge in [-0.05, 0) is 38.5 Å². The Morgan fingerprint density at radius 1 is 1.29 bits per heavy atom. The van der Waals surface area contributed by atoms with Crippen LogP contribution in [-0.4, -0.2) is 22.3 Å². The average Bonchev–Trinajstić information content (AvgIpc) is 2.73. The Kier molecular flexibility index (Phi) is 5.54. The highest BCUT2D eigenvalue weighted by Crippen LogP contribution is 2.19. The minimum absolute atomic E-state index is 0.0916. The number of nitrogens with one attached hydrogen (secondary N) is 1. The van der Waals surface area contributed by atoms with Gasteiger partial charge in [-0.2, -0.15) is 13.9 Å². The third kappa shape index (κ3) is 4.31. The monoisotopic (exact) mass is 337 g/mol. The molecule has 0 bridgehead atoms. The first-order valence-corrected chi connectivity index (χ1v) is 7.61. The van der Waals surface area contributed by atoms with Crippen LogP contribution >= 0.6 is 0 Å². The third-order valence-corrected chi connectivity index (χ3v) is 3.98. The van der Waals surface area contributed by atoms with Crippen LogP contribution in [0, 0.1) is 13.8 Å². The number of carbonyl (C=O) groups excluding carboxylic acids is 1. The Bertz CT molecular complexity index is 711. The Morgan fingerprint density at radius 3 is 2.42 bits per heavy atom. The molecule has 1 amide bonds. The molecule has 0 aliphatic carbocycles. The zero-order valence-electron chi connectivity index (χ0n) is 14.1. The number of benzene rings is 1. The van der Waals surface area contributed by atoms with E-state index in [-0.39, 0.29) is 24.1 Å². The maximum atomic E-state index is 12.3. The lowest BCUT2D eigenvalue weighted by molar-refractivity contribution is -0.121. The maximum Gasteiger partial charge on any atom is 0.387 e. The zero-order chi connectivity index (χ0) is 17.9. The van der Waals surface area contributed by atoms with E-state index < -0.39 is 6.61 Å². The first-order chi connectivity index (χ1) is 11.3. The van der Waals surface area contributed by atoms with Crippen molar-refractivity contribution in [2.75, 3.05) is 0 Å². The normalized spacial score (nSPS) is 12.3. The van der Waals surface area contributed by atoms with Gasteiger partial charge in [0.15, 0.2) is 0 Å². The molecule has 1 unspecified atom stereocenters. The second-order valence-electron chi connectivity index (χ2n) is 5.69. The highest BCUT2D eigenvalue weighted by molar-refractivity contribution is 5.79. The van der Waals surface area contributed by atoms with Crippen LogP contribution in [0.3, 0.4) is 0 Å². The molecule has 0 aliphatic heterocycles. The number of aryl methyl sites for hydroxylation is 2. The topological polar surface area (TPSA) is 56.2 Å². The number of hydrogen-bond acceptors (Lipinski definition) is 3. The first-order valence-electron chi connectivity index (χ1n) is 7.61. The molecule has 0 aliphatic rings. The Labute approximate surface area is 139 Å². The van der Waals surface area contributed by atoms with Crippen LogP contribution in [-0.2, 0) is 18.3 Å². The van der Waals surface area contributed by atoms with E-state index in [0.29, 0.717) is 0 Å². The number of amides is 1. The molecule has 24 heavy (non-hydrogen) atoms. The number of nitrogens with zero attached hydrogens (tertiary/aromatic N) is 2. The van der Waals surface area contributed by atoms with Gasteiger partial charge in [0.05, 0.1) is 18.2 Å². The van der Waals surface area contributed by atoms with Crippen molar-refractivity contribution in [2.24, 2.45) is 7.05 Å². The van der Waals surface area contributed by atoms with Gasteiger partial charge in [0.1, 0.15) is 5.75 Å². The summed E-state index contributed by atoms with van der Waals surface area (Å²) in [5.41, 5.74) is 3.53. The predicted molar refractivity (Wildman–Crippen MR) is 86.0 cm³/mol. The second kappa shape index (κ2) is 7.42. The highest BCUT2D eigenvalue weighted by Gasteiger charge is 2.16. The zero-order valence-corrected chi connectivity index (χ0v) is 14.1. The molecule has 2 rings (SSSR count). The van der Waals surface area contributed by atoms with Crippen LogP contribution in [0.2, 0.25) is 0 Å². The molecule has 1 N–H and O–H groups in total. The van der Waals surface area contributed by atoms with E-state index in [1.807, 2.05) is 27.8 Å². The lowest BCUT2D eigenvalue weighted by Crippen LogP contribution is -2.28. The van der Waals surface area contributed by atoms with Gasteiger partial charge in [0, 0.05) is 18.3 Å². The molecule has 0 spiro atoms. The molecule has 1 aromatic heterocycles. The van der Waals surface area contributed by atoms with Crippen LogP contribution in [0.15, 0.2) is 24.3 Å². The number of rotatable bonds is 6. The fourth-order valence-electron chi connectivity index (χ4n) is 2.55. The summed E-state index contributed by atoms with van der Waals surface area (Å²) in [6.07, 6.45) is 0.252. The fraction of sp³-hybridized carbons (Fsp3) is 0.412. The molecule has 7 heteroatoms. The Balaban J connectivity index is 1.98. The summed E-state index contributed by atoms with van der Waals surface area (Å²) in [5, 5.41) is 7.20. The van der Waals surface area contributed by atoms with Gasteiger partial charge in [0.2, 0.25) is 5.91 Å². The molecule has 1 atom stereocenters. The van der Waals surface area contributed by atoms with Crippen LogP contribution in [0.5, 0.6) is 5.75 Å². The number of halogens is 2.